The predicted octanol–water partition coefficient (Wildman–Crippen LogP) is 4.00. The van der Waals surface area contributed by atoms with Crippen molar-refractivity contribution in [3.8, 4) is 11.5 Å². The molecule has 0 aliphatic heterocycles. The van der Waals surface area contributed by atoms with Gasteiger partial charge in [0.25, 0.3) is 0 Å². The Balaban J connectivity index is 1.63. The number of benzene rings is 2. The van der Waals surface area contributed by atoms with Crippen LogP contribution in [0.1, 0.15) is 22.9 Å². The van der Waals surface area contributed by atoms with Gasteiger partial charge in [-0.2, -0.15) is 0 Å². The largest absolute Gasteiger partial charge is 0.457 e. The Morgan fingerprint density at radius 2 is 1.79 bits per heavy atom. The molecule has 1 unspecified atom stereocenters. The van der Waals surface area contributed by atoms with Gasteiger partial charge in [0.15, 0.2) is 0 Å². The van der Waals surface area contributed by atoms with Crippen molar-refractivity contribution < 1.29 is 14.3 Å². The number of carbonyl (C=O) groups is 2. The summed E-state index contributed by atoms with van der Waals surface area (Å²) in [5.74, 6) is 1.16. The van der Waals surface area contributed by atoms with Gasteiger partial charge in [-0.15, -0.1) is 11.3 Å². The lowest BCUT2D eigenvalue weighted by Crippen LogP contribution is -2.37. The van der Waals surface area contributed by atoms with E-state index in [1.54, 1.807) is 17.4 Å². The number of ether oxygens (including phenoxy) is 1. The van der Waals surface area contributed by atoms with Gasteiger partial charge in [0.1, 0.15) is 11.5 Å². The normalized spacial score (nSPS) is 11.4. The second kappa shape index (κ2) is 10.3. The van der Waals surface area contributed by atoms with E-state index < -0.39 is 12.1 Å². The van der Waals surface area contributed by atoms with Gasteiger partial charge in [0.2, 0.25) is 5.91 Å². The van der Waals surface area contributed by atoms with Crippen LogP contribution in [0.15, 0.2) is 72.1 Å². The van der Waals surface area contributed by atoms with Crippen molar-refractivity contribution in [2.24, 2.45) is 5.73 Å². The molecule has 0 saturated heterocycles. The molecule has 0 aliphatic carbocycles. The van der Waals surface area contributed by atoms with Crippen molar-refractivity contribution in [3.05, 3.63) is 82.6 Å². The SMILES string of the molecule is NC(=O)NC(CC(=O)NCCc1cccs1)c1cccc(Oc2ccccc2)c1. The molecule has 0 radical (unpaired) electrons. The van der Waals surface area contributed by atoms with Gasteiger partial charge in [-0.05, 0) is 47.7 Å². The molecule has 0 saturated carbocycles. The van der Waals surface area contributed by atoms with Crippen molar-refractivity contribution in [3.63, 3.8) is 0 Å². The van der Waals surface area contributed by atoms with E-state index in [1.165, 1.54) is 4.88 Å². The highest BCUT2D eigenvalue weighted by atomic mass is 32.1. The lowest BCUT2D eigenvalue weighted by Gasteiger charge is -2.18. The van der Waals surface area contributed by atoms with Gasteiger partial charge in [0.05, 0.1) is 12.5 Å². The van der Waals surface area contributed by atoms with Crippen molar-refractivity contribution in [1.82, 2.24) is 10.6 Å². The van der Waals surface area contributed by atoms with Gasteiger partial charge in [-0.25, -0.2) is 4.79 Å². The van der Waals surface area contributed by atoms with Gasteiger partial charge in [-0.3, -0.25) is 4.79 Å². The van der Waals surface area contributed by atoms with Gasteiger partial charge in [-0.1, -0.05) is 36.4 Å². The van der Waals surface area contributed by atoms with Crippen LogP contribution in [0.4, 0.5) is 4.79 Å². The summed E-state index contributed by atoms with van der Waals surface area (Å²) in [5, 5.41) is 7.55. The van der Waals surface area contributed by atoms with E-state index in [0.717, 1.165) is 12.0 Å². The number of thiophene rings is 1. The Kier molecular flexibility index (Phi) is 7.24. The third-order valence-corrected chi connectivity index (χ3v) is 5.16. The van der Waals surface area contributed by atoms with E-state index in [-0.39, 0.29) is 12.3 Å². The average Bonchev–Trinajstić information content (AvgIpc) is 3.22. The molecule has 3 amide bonds. The number of rotatable bonds is 9. The average molecular weight is 410 g/mol. The fourth-order valence-corrected chi connectivity index (χ4v) is 3.59. The van der Waals surface area contributed by atoms with Crippen LogP contribution in [0.3, 0.4) is 0 Å². The van der Waals surface area contributed by atoms with Gasteiger partial charge in [0, 0.05) is 11.4 Å². The van der Waals surface area contributed by atoms with Gasteiger partial charge >= 0.3 is 6.03 Å². The molecular formula is C22H23N3O3S. The highest BCUT2D eigenvalue weighted by Gasteiger charge is 2.18. The smallest absolute Gasteiger partial charge is 0.312 e. The fourth-order valence-electron chi connectivity index (χ4n) is 2.88. The van der Waals surface area contributed by atoms with E-state index >= 15 is 0 Å². The lowest BCUT2D eigenvalue weighted by molar-refractivity contribution is -0.121. The molecule has 29 heavy (non-hydrogen) atoms. The maximum atomic E-state index is 12.4. The fraction of sp³-hybridized carbons (Fsp3) is 0.182. The summed E-state index contributed by atoms with van der Waals surface area (Å²) in [5.41, 5.74) is 6.06. The Morgan fingerprint density at radius 3 is 2.52 bits per heavy atom. The number of nitrogens with one attached hydrogen (secondary N) is 2. The molecule has 1 aromatic heterocycles. The summed E-state index contributed by atoms with van der Waals surface area (Å²) in [7, 11) is 0. The standard InChI is InChI=1S/C22H23N3O3S/c23-22(27)25-20(15-21(26)24-12-11-19-10-5-13-29-19)16-6-4-9-18(14-16)28-17-7-2-1-3-8-17/h1-10,13-14,20H,11-12,15H2,(H,24,26)(H3,23,25,27). The first kappa shape index (κ1) is 20.4. The molecule has 3 aromatic rings. The van der Waals surface area contributed by atoms with Crippen LogP contribution in [0, 0.1) is 0 Å². The summed E-state index contributed by atoms with van der Waals surface area (Å²) in [6, 6.07) is 19.4. The van der Waals surface area contributed by atoms with E-state index in [9.17, 15) is 9.59 Å². The van der Waals surface area contributed by atoms with E-state index in [4.69, 9.17) is 10.5 Å². The molecule has 1 heterocycles. The number of primary amides is 1. The van der Waals surface area contributed by atoms with Crippen molar-refractivity contribution in [2.45, 2.75) is 18.9 Å². The highest BCUT2D eigenvalue weighted by molar-refractivity contribution is 7.09. The summed E-state index contributed by atoms with van der Waals surface area (Å²) >= 11 is 1.66. The van der Waals surface area contributed by atoms with Crippen LogP contribution in [0.2, 0.25) is 0 Å². The number of hydrogen-bond donors (Lipinski definition) is 3. The summed E-state index contributed by atoms with van der Waals surface area (Å²) in [6.45, 7) is 0.541. The molecule has 0 aliphatic rings. The highest BCUT2D eigenvalue weighted by Crippen LogP contribution is 2.26. The van der Waals surface area contributed by atoms with Crippen LogP contribution in [0.25, 0.3) is 0 Å². The second-order valence-electron chi connectivity index (χ2n) is 6.43. The second-order valence-corrected chi connectivity index (χ2v) is 7.46. The Labute approximate surface area is 173 Å². The van der Waals surface area contributed by atoms with Crippen LogP contribution < -0.4 is 21.1 Å². The molecule has 0 fully saturated rings. The Hall–Kier alpha value is -3.32. The molecule has 0 bridgehead atoms. The third-order valence-electron chi connectivity index (χ3n) is 4.22. The molecule has 7 heteroatoms. The maximum absolute atomic E-state index is 12.4. The quantitative estimate of drug-likeness (QED) is 0.499. The number of para-hydroxylation sites is 1. The number of carbonyl (C=O) groups excluding carboxylic acids is 2. The number of urea groups is 1. The van der Waals surface area contributed by atoms with Crippen molar-refractivity contribution in [2.75, 3.05) is 6.54 Å². The molecule has 0 spiro atoms. The third kappa shape index (κ3) is 6.65. The molecule has 4 N–H and O–H groups in total. The molecular weight excluding hydrogens is 386 g/mol. The van der Waals surface area contributed by atoms with E-state index in [2.05, 4.69) is 10.6 Å². The summed E-state index contributed by atoms with van der Waals surface area (Å²) in [6.07, 6.45) is 0.861. The summed E-state index contributed by atoms with van der Waals surface area (Å²) in [4.78, 5) is 25.1. The monoisotopic (exact) mass is 409 g/mol. The minimum Gasteiger partial charge on any atom is -0.457 e. The summed E-state index contributed by atoms with van der Waals surface area (Å²) < 4.78 is 5.84. The zero-order chi connectivity index (χ0) is 20.5. The van der Waals surface area contributed by atoms with Crippen LogP contribution >= 0.6 is 11.3 Å². The Bertz CT molecular complexity index is 929. The minimum atomic E-state index is -0.684. The topological polar surface area (TPSA) is 93.5 Å². The zero-order valence-corrected chi connectivity index (χ0v) is 16.7. The first-order valence-electron chi connectivity index (χ1n) is 9.28. The minimum absolute atomic E-state index is 0.0855. The maximum Gasteiger partial charge on any atom is 0.312 e. The van der Waals surface area contributed by atoms with Gasteiger partial charge < -0.3 is 21.1 Å². The van der Waals surface area contributed by atoms with Crippen molar-refractivity contribution >= 4 is 23.3 Å². The molecule has 6 nitrogen and oxygen atoms in total. The van der Waals surface area contributed by atoms with Crippen molar-refractivity contribution in [1.29, 1.82) is 0 Å². The first-order chi connectivity index (χ1) is 14.1. The van der Waals surface area contributed by atoms with Crippen LogP contribution in [0.5, 0.6) is 11.5 Å². The molecule has 1 atom stereocenters. The van der Waals surface area contributed by atoms with E-state index in [0.29, 0.717) is 18.0 Å². The molecule has 2 aromatic carbocycles. The zero-order valence-electron chi connectivity index (χ0n) is 15.8. The van der Waals surface area contributed by atoms with E-state index in [1.807, 2.05) is 66.0 Å². The number of amides is 3. The van der Waals surface area contributed by atoms with Crippen LogP contribution in [-0.2, 0) is 11.2 Å². The number of hydrogen-bond acceptors (Lipinski definition) is 4. The van der Waals surface area contributed by atoms with Crippen LogP contribution in [-0.4, -0.2) is 18.5 Å². The lowest BCUT2D eigenvalue weighted by atomic mass is 10.0. The number of nitrogens with two attached hydrogens (primary N) is 1. The first-order valence-corrected chi connectivity index (χ1v) is 10.2. The Morgan fingerprint density at radius 1 is 1.00 bits per heavy atom. The molecule has 3 rings (SSSR count). The molecule has 150 valence electrons. The predicted molar refractivity (Wildman–Crippen MR) is 114 cm³/mol.